The van der Waals surface area contributed by atoms with Crippen LogP contribution in [0.5, 0.6) is 0 Å². The molecule has 5 rings (SSSR count). The third-order valence-corrected chi connectivity index (χ3v) is 6.87. The van der Waals surface area contributed by atoms with Crippen LogP contribution in [-0.2, 0) is 22.7 Å². The van der Waals surface area contributed by atoms with E-state index in [1.807, 2.05) is 38.2 Å². The molecule has 0 unspecified atom stereocenters. The summed E-state index contributed by atoms with van der Waals surface area (Å²) in [6.45, 7) is 8.27. The molecule has 4 aromatic rings. The minimum Gasteiger partial charge on any atom is -0.382 e. The van der Waals surface area contributed by atoms with E-state index < -0.39 is 5.41 Å². The molecule has 3 N–H and O–H groups in total. The summed E-state index contributed by atoms with van der Waals surface area (Å²) in [6, 6.07) is 14.7. The van der Waals surface area contributed by atoms with Crippen LogP contribution in [0.15, 0.2) is 48.5 Å². The third kappa shape index (κ3) is 3.95. The second-order valence-corrected chi connectivity index (χ2v) is 10.6. The smallest absolute Gasteiger partial charge is 0.235 e. The third-order valence-electron chi connectivity index (χ3n) is 6.87. The van der Waals surface area contributed by atoms with Crippen molar-refractivity contribution in [3.63, 3.8) is 0 Å². The van der Waals surface area contributed by atoms with Crippen molar-refractivity contribution < 1.29 is 9.18 Å². The molecule has 0 saturated heterocycles. The Labute approximate surface area is 204 Å². The molecule has 0 aliphatic heterocycles. The molecule has 7 heteroatoms. The monoisotopic (exact) mass is 471 g/mol. The van der Waals surface area contributed by atoms with Crippen molar-refractivity contribution >= 4 is 28.4 Å². The number of nitrogens with two attached hydrogens (primary N) is 1. The number of hydrogen-bond donors (Lipinski definition) is 2. The van der Waals surface area contributed by atoms with E-state index in [9.17, 15) is 9.18 Å². The zero-order chi connectivity index (χ0) is 25.1. The molecule has 0 spiro atoms. The van der Waals surface area contributed by atoms with Gasteiger partial charge in [0.25, 0.3) is 0 Å². The van der Waals surface area contributed by atoms with Gasteiger partial charge in [0.05, 0.1) is 10.8 Å². The molecule has 6 nitrogen and oxygen atoms in total. The van der Waals surface area contributed by atoms with Crippen LogP contribution in [0.1, 0.15) is 50.4 Å². The molecule has 180 valence electrons. The van der Waals surface area contributed by atoms with Crippen molar-refractivity contribution in [1.82, 2.24) is 14.8 Å². The molecule has 0 bridgehead atoms. The van der Waals surface area contributed by atoms with Crippen molar-refractivity contribution in [3.8, 4) is 11.1 Å². The SMILES string of the molecule is Cc1ccc(F)c(C2(C(=O)Nc3ccc(-c4cc(C(C)(C)C)nc5c4c(N)nn5C)cc3)CC2)c1. The molecule has 35 heavy (non-hydrogen) atoms. The number of fused-ring (bicyclic) bond motifs is 1. The van der Waals surface area contributed by atoms with Gasteiger partial charge in [0.1, 0.15) is 5.82 Å². The molecular weight excluding hydrogens is 441 g/mol. The van der Waals surface area contributed by atoms with Crippen LogP contribution in [0, 0.1) is 12.7 Å². The second-order valence-electron chi connectivity index (χ2n) is 10.6. The van der Waals surface area contributed by atoms with Gasteiger partial charge in [-0.2, -0.15) is 5.10 Å². The summed E-state index contributed by atoms with van der Waals surface area (Å²) in [5.41, 5.74) is 11.0. The summed E-state index contributed by atoms with van der Waals surface area (Å²) in [6.07, 6.45) is 1.28. The van der Waals surface area contributed by atoms with Crippen molar-refractivity contribution in [2.75, 3.05) is 11.1 Å². The second kappa shape index (κ2) is 7.90. The molecule has 0 radical (unpaired) electrons. The van der Waals surface area contributed by atoms with Gasteiger partial charge in [-0.15, -0.1) is 0 Å². The number of pyridine rings is 1. The van der Waals surface area contributed by atoms with E-state index in [0.29, 0.717) is 29.9 Å². The standard InChI is InChI=1S/C28H30FN5O/c1-16-6-11-21(29)20(14-16)28(12-13-28)26(35)31-18-9-7-17(8-10-18)19-15-22(27(2,3)4)32-25-23(19)24(30)33-34(25)5/h6-11,14-15H,12-13H2,1-5H3,(H2,30,33)(H,31,35). The zero-order valence-electron chi connectivity index (χ0n) is 20.7. The summed E-state index contributed by atoms with van der Waals surface area (Å²) in [5, 5.41) is 8.18. The first-order chi connectivity index (χ1) is 16.5. The Morgan fingerprint density at radius 2 is 1.80 bits per heavy atom. The maximum absolute atomic E-state index is 14.5. The Balaban J connectivity index is 1.47. The van der Waals surface area contributed by atoms with Gasteiger partial charge in [-0.25, -0.2) is 14.1 Å². The average molecular weight is 472 g/mol. The van der Waals surface area contributed by atoms with Crippen LogP contribution >= 0.6 is 0 Å². The van der Waals surface area contributed by atoms with Crippen LogP contribution in [0.2, 0.25) is 0 Å². The highest BCUT2D eigenvalue weighted by Gasteiger charge is 2.52. The predicted octanol–water partition coefficient (Wildman–Crippen LogP) is 5.63. The number of benzene rings is 2. The quantitative estimate of drug-likeness (QED) is 0.404. The number of amides is 1. The zero-order valence-corrected chi connectivity index (χ0v) is 20.7. The van der Waals surface area contributed by atoms with E-state index in [1.165, 1.54) is 6.07 Å². The van der Waals surface area contributed by atoms with Crippen molar-refractivity contribution in [1.29, 1.82) is 0 Å². The van der Waals surface area contributed by atoms with Gasteiger partial charge in [-0.1, -0.05) is 50.6 Å². The Morgan fingerprint density at radius 1 is 1.11 bits per heavy atom. The largest absolute Gasteiger partial charge is 0.382 e. The number of nitrogens with one attached hydrogen (secondary N) is 1. The molecule has 1 aliphatic carbocycles. The number of nitrogens with zero attached hydrogens (tertiary/aromatic N) is 3. The molecule has 1 fully saturated rings. The fourth-order valence-corrected chi connectivity index (χ4v) is 4.62. The fraction of sp³-hybridized carbons (Fsp3) is 0.321. The highest BCUT2D eigenvalue weighted by molar-refractivity contribution is 6.03. The molecular formula is C28H30FN5O. The number of anilines is 2. The lowest BCUT2D eigenvalue weighted by Gasteiger charge is -2.20. The molecule has 0 atom stereocenters. The number of halogens is 1. The van der Waals surface area contributed by atoms with Crippen molar-refractivity contribution in [2.45, 2.75) is 51.4 Å². The Kier molecular flexibility index (Phi) is 5.20. The van der Waals surface area contributed by atoms with Crippen LogP contribution in [0.25, 0.3) is 22.2 Å². The summed E-state index contributed by atoms with van der Waals surface area (Å²) in [5.74, 6) is -0.0738. The number of carbonyl (C=O) groups is 1. The lowest BCUT2D eigenvalue weighted by molar-refractivity contribution is -0.118. The number of aromatic nitrogens is 3. The van der Waals surface area contributed by atoms with E-state index in [1.54, 1.807) is 16.8 Å². The summed E-state index contributed by atoms with van der Waals surface area (Å²) < 4.78 is 16.2. The van der Waals surface area contributed by atoms with Crippen LogP contribution in [-0.4, -0.2) is 20.7 Å². The van der Waals surface area contributed by atoms with Gasteiger partial charge in [0.2, 0.25) is 5.91 Å². The number of rotatable bonds is 4. The minimum atomic E-state index is -0.794. The Bertz CT molecular complexity index is 1460. The van der Waals surface area contributed by atoms with Crippen molar-refractivity contribution in [3.05, 3.63) is 71.2 Å². The van der Waals surface area contributed by atoms with Crippen LogP contribution in [0.3, 0.4) is 0 Å². The first kappa shape index (κ1) is 23.0. The molecule has 2 aromatic heterocycles. The maximum Gasteiger partial charge on any atom is 0.235 e. The number of carbonyl (C=O) groups excluding carboxylic acids is 1. The van der Waals surface area contributed by atoms with Gasteiger partial charge in [0, 0.05) is 29.4 Å². The molecule has 2 heterocycles. The Hall–Kier alpha value is -3.74. The normalized spacial score (nSPS) is 14.8. The van der Waals surface area contributed by atoms with Gasteiger partial charge < -0.3 is 11.1 Å². The Morgan fingerprint density at radius 3 is 2.43 bits per heavy atom. The molecule has 1 saturated carbocycles. The van der Waals surface area contributed by atoms with Gasteiger partial charge >= 0.3 is 0 Å². The van der Waals surface area contributed by atoms with Gasteiger partial charge in [0.15, 0.2) is 11.5 Å². The van der Waals surface area contributed by atoms with Crippen LogP contribution < -0.4 is 11.1 Å². The van der Waals surface area contributed by atoms with Crippen LogP contribution in [0.4, 0.5) is 15.9 Å². The van der Waals surface area contributed by atoms with E-state index in [4.69, 9.17) is 10.7 Å². The predicted molar refractivity (Wildman–Crippen MR) is 138 cm³/mol. The number of hydrogen-bond acceptors (Lipinski definition) is 4. The summed E-state index contributed by atoms with van der Waals surface area (Å²) in [4.78, 5) is 18.0. The van der Waals surface area contributed by atoms with Gasteiger partial charge in [-0.3, -0.25) is 4.79 Å². The van der Waals surface area contributed by atoms with E-state index in [2.05, 4.69) is 37.3 Å². The fourth-order valence-electron chi connectivity index (χ4n) is 4.62. The molecule has 2 aromatic carbocycles. The maximum atomic E-state index is 14.5. The number of aryl methyl sites for hydroxylation is 2. The first-order valence-corrected chi connectivity index (χ1v) is 11.8. The first-order valence-electron chi connectivity index (χ1n) is 11.8. The molecule has 1 aliphatic rings. The minimum absolute atomic E-state index is 0.153. The molecule has 1 amide bonds. The topological polar surface area (TPSA) is 85.8 Å². The number of nitrogen functional groups attached to an aromatic ring is 1. The van der Waals surface area contributed by atoms with E-state index in [0.717, 1.165) is 33.4 Å². The average Bonchev–Trinajstić information content (AvgIpc) is 3.56. The van der Waals surface area contributed by atoms with E-state index >= 15 is 0 Å². The summed E-state index contributed by atoms with van der Waals surface area (Å²) >= 11 is 0. The van der Waals surface area contributed by atoms with Crippen molar-refractivity contribution in [2.24, 2.45) is 7.05 Å². The highest BCUT2D eigenvalue weighted by Crippen LogP contribution is 2.50. The van der Waals surface area contributed by atoms with Gasteiger partial charge in [-0.05, 0) is 55.2 Å². The van der Waals surface area contributed by atoms with E-state index in [-0.39, 0.29) is 17.1 Å². The summed E-state index contributed by atoms with van der Waals surface area (Å²) in [7, 11) is 1.84. The highest BCUT2D eigenvalue weighted by atomic mass is 19.1. The lowest BCUT2D eigenvalue weighted by Crippen LogP contribution is -2.28. The lowest BCUT2D eigenvalue weighted by atomic mass is 9.89.